The molecule has 16 heteroatoms. The number of primary amides is 1. The Kier molecular flexibility index (Phi) is 12.7. The highest BCUT2D eigenvalue weighted by atomic mass is 16.4. The molecule has 0 saturated carbocycles. The number of aromatic nitrogens is 1. The fraction of sp³-hybridized carbons (Fsp3) is 0.333. The number of nitrogens with two attached hydrogens (primary N) is 1. The highest BCUT2D eigenvalue weighted by Crippen LogP contribution is 2.24. The number of fused-ring (bicyclic) bond motifs is 2. The summed E-state index contributed by atoms with van der Waals surface area (Å²) in [5.41, 5.74) is 9.43. The van der Waals surface area contributed by atoms with Gasteiger partial charge in [0.15, 0.2) is 0 Å². The third-order valence-corrected chi connectivity index (χ3v) is 11.2. The Morgan fingerprint density at radius 2 is 1.57 bits per heavy atom. The van der Waals surface area contributed by atoms with Crippen molar-refractivity contribution in [1.29, 1.82) is 0 Å². The molecule has 316 valence electrons. The minimum atomic E-state index is -1.32. The first-order valence-electron chi connectivity index (χ1n) is 20.3. The van der Waals surface area contributed by atoms with Crippen LogP contribution in [0.1, 0.15) is 55.7 Å². The van der Waals surface area contributed by atoms with E-state index in [0.717, 1.165) is 27.7 Å². The molecule has 61 heavy (non-hydrogen) atoms. The van der Waals surface area contributed by atoms with Gasteiger partial charge in [0.05, 0.1) is 6.42 Å². The average Bonchev–Trinajstić information content (AvgIpc) is 4.00. The van der Waals surface area contributed by atoms with Gasteiger partial charge in [-0.05, 0) is 74.4 Å². The Balaban J connectivity index is 1.13. The van der Waals surface area contributed by atoms with Crippen LogP contribution in [0, 0.1) is 6.92 Å². The second kappa shape index (κ2) is 18.4. The van der Waals surface area contributed by atoms with Gasteiger partial charge in [0.2, 0.25) is 35.4 Å². The molecule has 0 spiro atoms. The van der Waals surface area contributed by atoms with E-state index in [1.165, 1.54) is 11.0 Å². The molecule has 2 aliphatic heterocycles. The number of nitrogens with one attached hydrogen (secondary N) is 5. The molecule has 0 bridgehead atoms. The molecule has 5 atom stereocenters. The molecule has 5 aromatic rings. The molecule has 7 N–H and O–H groups in total. The number of aliphatic imine (C=N–C) groups is 1. The minimum Gasteiger partial charge on any atom is -0.423 e. The third-order valence-electron chi connectivity index (χ3n) is 11.2. The largest absolute Gasteiger partial charge is 0.423 e. The number of aryl methyl sites for hydroxylation is 1. The van der Waals surface area contributed by atoms with E-state index in [1.54, 1.807) is 55.6 Å². The van der Waals surface area contributed by atoms with Crippen LogP contribution in [0.4, 0.5) is 5.69 Å². The van der Waals surface area contributed by atoms with E-state index in [2.05, 4.69) is 31.2 Å². The van der Waals surface area contributed by atoms with Crippen molar-refractivity contribution in [1.82, 2.24) is 25.8 Å². The number of likely N-dealkylation sites (tertiary alicyclic amines) is 1. The van der Waals surface area contributed by atoms with Crippen LogP contribution in [0.2, 0.25) is 0 Å². The molecule has 6 amide bonds. The zero-order chi connectivity index (χ0) is 43.2. The molecule has 0 aliphatic carbocycles. The lowest BCUT2D eigenvalue weighted by atomic mass is 10.0. The maximum atomic E-state index is 14.5. The van der Waals surface area contributed by atoms with Crippen LogP contribution in [0.25, 0.3) is 21.9 Å². The summed E-state index contributed by atoms with van der Waals surface area (Å²) in [6, 6.07) is 17.5. The van der Waals surface area contributed by atoms with Gasteiger partial charge in [0.1, 0.15) is 35.8 Å². The number of anilines is 1. The van der Waals surface area contributed by atoms with Gasteiger partial charge in [-0.15, -0.1) is 0 Å². The van der Waals surface area contributed by atoms with Crippen LogP contribution in [0.15, 0.2) is 99.3 Å². The van der Waals surface area contributed by atoms with E-state index in [1.807, 2.05) is 37.3 Å². The topological polar surface area (TPSA) is 238 Å². The molecular formula is C45H48N8O8. The highest BCUT2D eigenvalue weighted by Gasteiger charge is 2.40. The van der Waals surface area contributed by atoms with Gasteiger partial charge in [0.25, 0.3) is 0 Å². The van der Waals surface area contributed by atoms with E-state index >= 15 is 0 Å². The summed E-state index contributed by atoms with van der Waals surface area (Å²) in [6.07, 6.45) is 3.24. The molecule has 0 radical (unpaired) electrons. The van der Waals surface area contributed by atoms with E-state index in [9.17, 15) is 33.6 Å². The van der Waals surface area contributed by atoms with E-state index in [4.69, 9.17) is 10.2 Å². The summed E-state index contributed by atoms with van der Waals surface area (Å²) in [4.78, 5) is 103. The second-order valence-corrected chi connectivity index (χ2v) is 15.7. The Morgan fingerprint density at radius 1 is 0.836 bits per heavy atom. The number of benzene rings is 3. The Labute approximate surface area is 350 Å². The van der Waals surface area contributed by atoms with Crippen LogP contribution >= 0.6 is 0 Å². The van der Waals surface area contributed by atoms with Crippen molar-refractivity contribution in [2.75, 3.05) is 11.9 Å². The maximum Gasteiger partial charge on any atom is 0.336 e. The normalized spacial score (nSPS) is 17.6. The first kappa shape index (κ1) is 42.0. The van der Waals surface area contributed by atoms with Crippen LogP contribution in [-0.4, -0.2) is 87.8 Å². The number of H-pyrrole nitrogens is 1. The summed E-state index contributed by atoms with van der Waals surface area (Å²) >= 11 is 0. The first-order chi connectivity index (χ1) is 29.3. The molecule has 1 saturated heterocycles. The van der Waals surface area contributed by atoms with Gasteiger partial charge in [-0.25, -0.2) is 4.79 Å². The number of nitrogens with zero attached hydrogens (tertiary/aromatic N) is 2. The van der Waals surface area contributed by atoms with Crippen molar-refractivity contribution < 1.29 is 33.2 Å². The van der Waals surface area contributed by atoms with Crippen LogP contribution < -0.4 is 32.6 Å². The molecule has 4 heterocycles. The molecule has 1 fully saturated rings. The van der Waals surface area contributed by atoms with E-state index in [0.29, 0.717) is 35.9 Å². The number of aromatic amines is 1. The number of carbonyl (C=O) groups is 6. The number of hydrogen-bond donors (Lipinski definition) is 6. The molecular weight excluding hydrogens is 781 g/mol. The lowest BCUT2D eigenvalue weighted by molar-refractivity contribution is -0.143. The Hall–Kier alpha value is -7.10. The maximum absolute atomic E-state index is 14.5. The molecule has 3 aromatic carbocycles. The van der Waals surface area contributed by atoms with Gasteiger partial charge in [0, 0.05) is 65.4 Å². The Morgan fingerprint density at radius 3 is 2.33 bits per heavy atom. The number of para-hydroxylation sites is 1. The smallest absolute Gasteiger partial charge is 0.336 e. The van der Waals surface area contributed by atoms with Crippen molar-refractivity contribution in [2.45, 2.75) is 89.0 Å². The zero-order valence-electron chi connectivity index (χ0n) is 33.9. The zero-order valence-corrected chi connectivity index (χ0v) is 33.9. The van der Waals surface area contributed by atoms with Crippen LogP contribution in [0.5, 0.6) is 0 Å². The summed E-state index contributed by atoms with van der Waals surface area (Å²) in [5, 5.41) is 12.8. The summed E-state index contributed by atoms with van der Waals surface area (Å²) in [7, 11) is 0. The quantitative estimate of drug-likeness (QED) is 0.0856. The molecule has 2 aliphatic rings. The van der Waals surface area contributed by atoms with Gasteiger partial charge in [-0.2, -0.15) is 0 Å². The number of rotatable bonds is 15. The van der Waals surface area contributed by atoms with E-state index in [-0.39, 0.29) is 31.4 Å². The number of hydrogen-bond acceptors (Lipinski definition) is 9. The molecule has 5 unspecified atom stereocenters. The predicted molar refractivity (Wildman–Crippen MR) is 228 cm³/mol. The SMILES string of the molecule is CC1=NC(C(=O)NC(CC(N)=O)C(=O)N2CCCC2C(=O)NC(Cc2ccccc2)C(=O)NC(Cc2c[nH]c3ccccc23)C(=O)Nc2ccc3c(C)cc(=O)oc3c2)CC1. The first-order valence-corrected chi connectivity index (χ1v) is 20.3. The fourth-order valence-corrected chi connectivity index (χ4v) is 8.06. The monoisotopic (exact) mass is 828 g/mol. The standard InChI is InChI=1S/C45H48N8O8/c1-25-19-40(55)61-38-22-29(15-16-30(25)38)49-42(57)35(21-28-24-47-32-12-7-6-11-31(28)32)50-43(58)34(20-27-9-4-3-5-10-27)51-44(59)37-13-8-18-53(37)45(60)36(23-39(46)54)52-41(56)33-17-14-26(2)48-33/h3-7,9-12,15-16,19,22,24,33-37,47H,8,13-14,17-18,20-21,23H2,1-2H3,(H2,46,54)(H,49,57)(H,50,58)(H,51,59)(H,52,56). The Bertz CT molecular complexity index is 2580. The third kappa shape index (κ3) is 10.0. The predicted octanol–water partition coefficient (Wildman–Crippen LogP) is 2.95. The van der Waals surface area contributed by atoms with Gasteiger partial charge in [-0.3, -0.25) is 33.8 Å². The van der Waals surface area contributed by atoms with Crippen molar-refractivity contribution in [3.05, 3.63) is 112 Å². The molecule has 2 aromatic heterocycles. The van der Waals surface area contributed by atoms with Crippen molar-refractivity contribution in [2.24, 2.45) is 10.7 Å². The van der Waals surface area contributed by atoms with Gasteiger partial charge < -0.3 is 41.3 Å². The van der Waals surface area contributed by atoms with Crippen LogP contribution in [0.3, 0.4) is 0 Å². The fourth-order valence-electron chi connectivity index (χ4n) is 8.06. The summed E-state index contributed by atoms with van der Waals surface area (Å²) < 4.78 is 5.39. The highest BCUT2D eigenvalue weighted by molar-refractivity contribution is 6.01. The van der Waals surface area contributed by atoms with E-state index < -0.39 is 77.7 Å². The molecule has 7 rings (SSSR count). The van der Waals surface area contributed by atoms with Crippen molar-refractivity contribution >= 4 is 68.7 Å². The van der Waals surface area contributed by atoms with Crippen molar-refractivity contribution in [3.8, 4) is 0 Å². The van der Waals surface area contributed by atoms with Gasteiger partial charge in [-0.1, -0.05) is 48.5 Å². The number of carbonyl (C=O) groups excluding carboxylic acids is 6. The van der Waals surface area contributed by atoms with Gasteiger partial charge >= 0.3 is 5.63 Å². The summed E-state index contributed by atoms with van der Waals surface area (Å²) in [5.74, 6) is -3.80. The van der Waals surface area contributed by atoms with Crippen LogP contribution in [-0.2, 0) is 41.6 Å². The number of amides is 6. The lowest BCUT2D eigenvalue weighted by Gasteiger charge is -2.30. The molecule has 16 nitrogen and oxygen atoms in total. The van der Waals surface area contributed by atoms with Crippen molar-refractivity contribution in [3.63, 3.8) is 0 Å². The average molecular weight is 829 g/mol. The second-order valence-electron chi connectivity index (χ2n) is 15.7. The summed E-state index contributed by atoms with van der Waals surface area (Å²) in [6.45, 7) is 3.76. The minimum absolute atomic E-state index is 0.0469. The lowest BCUT2D eigenvalue weighted by Crippen LogP contribution is -2.58.